The number of aryl methyl sites for hydroxylation is 2. The maximum atomic E-state index is 14.4. The molecule has 3 fully saturated rings. The van der Waals surface area contributed by atoms with Crippen molar-refractivity contribution in [3.63, 3.8) is 0 Å². The fourth-order valence-corrected chi connectivity index (χ4v) is 11.1. The molecule has 15 heteroatoms. The van der Waals surface area contributed by atoms with Gasteiger partial charge in [-0.25, -0.2) is 9.97 Å². The Balaban J connectivity index is 0.802. The SMILES string of the molecule is Cc1cc(-c2cc([C@H](C(=O)N3C[C@H](O)C[C@H]3C(=O)N[C@@H](C)c3ccc(-c4scnc4C)cc3)C(C)C)on2)cnc1N1CC[C@H](C2Cc3nnc(-c4ccccc4O)cc3N2C2CC2)C1. The van der Waals surface area contributed by atoms with Gasteiger partial charge in [0.25, 0.3) is 0 Å². The number of aliphatic hydroxyl groups excluding tert-OH is 1. The van der Waals surface area contributed by atoms with Gasteiger partial charge in [-0.15, -0.1) is 16.4 Å². The van der Waals surface area contributed by atoms with Crippen LogP contribution in [0.4, 0.5) is 11.5 Å². The maximum Gasteiger partial charge on any atom is 0.243 e. The summed E-state index contributed by atoms with van der Waals surface area (Å²) in [5, 5.41) is 38.1. The number of aliphatic hydroxyl groups is 1. The minimum Gasteiger partial charge on any atom is -0.507 e. The summed E-state index contributed by atoms with van der Waals surface area (Å²) < 4.78 is 5.92. The van der Waals surface area contributed by atoms with Crippen molar-refractivity contribution in [3.8, 4) is 38.7 Å². The van der Waals surface area contributed by atoms with Crippen molar-refractivity contribution >= 4 is 34.7 Å². The Morgan fingerprint density at radius 3 is 2.45 bits per heavy atom. The Labute approximate surface area is 382 Å². The van der Waals surface area contributed by atoms with Gasteiger partial charge in [0.15, 0.2) is 0 Å². The van der Waals surface area contributed by atoms with Gasteiger partial charge in [0.05, 0.1) is 45.3 Å². The highest BCUT2D eigenvalue weighted by atomic mass is 32.1. The maximum absolute atomic E-state index is 14.4. The second kappa shape index (κ2) is 17.3. The summed E-state index contributed by atoms with van der Waals surface area (Å²) in [6, 6.07) is 21.0. The number of β-amino-alcohol motifs (C(OH)–C–C–N with tert-alkyl or cyclic N) is 1. The fraction of sp³-hybridized carbons (Fsp3) is 0.420. The van der Waals surface area contributed by atoms with Crippen LogP contribution in [0.1, 0.15) is 86.7 Å². The third kappa shape index (κ3) is 8.24. The van der Waals surface area contributed by atoms with Crippen LogP contribution in [0.5, 0.6) is 5.75 Å². The summed E-state index contributed by atoms with van der Waals surface area (Å²) in [5.74, 6) is 0.499. The van der Waals surface area contributed by atoms with Gasteiger partial charge < -0.3 is 34.8 Å². The molecule has 1 unspecified atom stereocenters. The number of nitrogens with one attached hydrogen (secondary N) is 1. The molecular weight excluding hydrogens is 839 g/mol. The van der Waals surface area contributed by atoms with E-state index in [9.17, 15) is 19.8 Å². The molecule has 2 saturated heterocycles. The van der Waals surface area contributed by atoms with E-state index in [0.717, 1.165) is 76.0 Å². The number of amides is 2. The van der Waals surface area contributed by atoms with Gasteiger partial charge in [-0.05, 0) is 92.8 Å². The molecule has 10 rings (SSSR count). The number of anilines is 2. The van der Waals surface area contributed by atoms with E-state index in [2.05, 4.69) is 49.4 Å². The average Bonchev–Trinajstić information content (AvgIpc) is 3.80. The van der Waals surface area contributed by atoms with E-state index < -0.39 is 18.1 Å². The zero-order valence-electron chi connectivity index (χ0n) is 37.4. The average molecular weight is 894 g/mol. The Bertz CT molecular complexity index is 2730. The number of carbonyl (C=O) groups is 2. The van der Waals surface area contributed by atoms with E-state index in [0.29, 0.717) is 40.7 Å². The number of hydrogen-bond donors (Lipinski definition) is 3. The van der Waals surface area contributed by atoms with Gasteiger partial charge in [-0.3, -0.25) is 9.59 Å². The van der Waals surface area contributed by atoms with Crippen molar-refractivity contribution < 1.29 is 24.3 Å². The highest BCUT2D eigenvalue weighted by Gasteiger charge is 2.46. The number of thiazole rings is 1. The van der Waals surface area contributed by atoms with E-state index in [4.69, 9.17) is 14.6 Å². The van der Waals surface area contributed by atoms with Crippen molar-refractivity contribution in [2.24, 2.45) is 11.8 Å². The number of likely N-dealkylation sites (tertiary alicyclic amines) is 1. The number of nitrogens with zero attached hydrogens (tertiary/aromatic N) is 8. The lowest BCUT2D eigenvalue weighted by atomic mass is 9.91. The van der Waals surface area contributed by atoms with Crippen molar-refractivity contribution in [2.75, 3.05) is 29.4 Å². The standard InChI is InChI=1S/C50H55N9O5S/c1-27(2)46(50(63)58-25-36(60)19-43(58)49(62)53-29(4)31-10-12-32(13-11-31)47-30(5)52-26-65-47)45-22-38(56-64-45)34-18-28(3)48(51-23-34)57-17-16-33(24-57)41-21-40-42(59(41)35-14-15-35)20-39(54-55-40)37-8-6-7-9-44(37)61/h6-13,18,20,22-23,26-27,29,33,35-36,41,43,46,60-61H,14-17,19,21,24-25H2,1-5H3,(H,53,62)/t29-,33-,36+,41?,43-,46+/m0/s1. The van der Waals surface area contributed by atoms with Crippen molar-refractivity contribution in [3.05, 3.63) is 107 Å². The third-order valence-electron chi connectivity index (χ3n) is 13.8. The minimum atomic E-state index is -0.829. The Kier molecular flexibility index (Phi) is 11.4. The van der Waals surface area contributed by atoms with E-state index >= 15 is 0 Å². The van der Waals surface area contributed by atoms with Gasteiger partial charge in [-0.1, -0.05) is 55.4 Å². The number of rotatable bonds is 12. The largest absolute Gasteiger partial charge is 0.507 e. The molecule has 3 aliphatic heterocycles. The first-order valence-electron chi connectivity index (χ1n) is 22.8. The minimum absolute atomic E-state index is 0.0569. The summed E-state index contributed by atoms with van der Waals surface area (Å²) in [5.41, 5.74) is 10.8. The van der Waals surface area contributed by atoms with E-state index in [1.165, 1.54) is 17.7 Å². The zero-order valence-corrected chi connectivity index (χ0v) is 38.2. The monoisotopic (exact) mass is 893 g/mol. The molecule has 65 heavy (non-hydrogen) atoms. The van der Waals surface area contributed by atoms with Gasteiger partial charge in [0.1, 0.15) is 35.0 Å². The van der Waals surface area contributed by atoms with Gasteiger partial charge in [0, 0.05) is 67.9 Å². The number of phenols is 1. The molecule has 4 aromatic heterocycles. The molecular formula is C50H55N9O5S. The molecule has 2 aromatic carbocycles. The number of benzene rings is 2. The number of pyridine rings is 1. The smallest absolute Gasteiger partial charge is 0.243 e. The predicted molar refractivity (Wildman–Crippen MR) is 249 cm³/mol. The summed E-state index contributed by atoms with van der Waals surface area (Å²) in [7, 11) is 0. The van der Waals surface area contributed by atoms with Gasteiger partial charge in [0.2, 0.25) is 11.8 Å². The number of aromatic hydroxyl groups is 1. The highest BCUT2D eigenvalue weighted by molar-refractivity contribution is 7.13. The van der Waals surface area contributed by atoms with E-state index in [1.54, 1.807) is 17.4 Å². The Morgan fingerprint density at radius 2 is 1.72 bits per heavy atom. The van der Waals surface area contributed by atoms with Crippen molar-refractivity contribution in [1.29, 1.82) is 0 Å². The molecule has 0 radical (unpaired) electrons. The lowest BCUT2D eigenvalue weighted by Crippen LogP contribution is -2.48. The van der Waals surface area contributed by atoms with E-state index in [1.807, 2.05) is 87.9 Å². The summed E-state index contributed by atoms with van der Waals surface area (Å²) >= 11 is 1.59. The van der Waals surface area contributed by atoms with Crippen LogP contribution < -0.4 is 15.1 Å². The summed E-state index contributed by atoms with van der Waals surface area (Å²) in [6.45, 7) is 11.7. The van der Waals surface area contributed by atoms with Gasteiger partial charge in [-0.2, -0.15) is 5.10 Å². The van der Waals surface area contributed by atoms with Crippen LogP contribution in [0, 0.1) is 25.7 Å². The Hall–Kier alpha value is -6.19. The number of phenolic OH excluding ortho intramolecular Hbond substituents is 1. The third-order valence-corrected chi connectivity index (χ3v) is 14.8. The molecule has 1 aliphatic carbocycles. The topological polar surface area (TPSA) is 174 Å². The van der Waals surface area contributed by atoms with Crippen LogP contribution in [-0.4, -0.2) is 96.1 Å². The molecule has 1 saturated carbocycles. The lowest BCUT2D eigenvalue weighted by molar-refractivity contribution is -0.141. The van der Waals surface area contributed by atoms with Crippen LogP contribution >= 0.6 is 11.3 Å². The molecule has 0 bridgehead atoms. The van der Waals surface area contributed by atoms with Crippen LogP contribution in [-0.2, 0) is 16.0 Å². The normalized spacial score (nSPS) is 21.6. The predicted octanol–water partition coefficient (Wildman–Crippen LogP) is 7.64. The molecule has 7 heterocycles. The second-order valence-corrected chi connectivity index (χ2v) is 19.6. The summed E-state index contributed by atoms with van der Waals surface area (Å²) in [4.78, 5) is 45.2. The first kappa shape index (κ1) is 42.7. The van der Waals surface area contributed by atoms with Gasteiger partial charge >= 0.3 is 0 Å². The van der Waals surface area contributed by atoms with Crippen LogP contribution in [0.25, 0.3) is 33.0 Å². The lowest BCUT2D eigenvalue weighted by Gasteiger charge is -2.32. The molecule has 6 aromatic rings. The van der Waals surface area contributed by atoms with Crippen LogP contribution in [0.3, 0.4) is 0 Å². The van der Waals surface area contributed by atoms with Crippen molar-refractivity contribution in [2.45, 2.75) is 103 Å². The molecule has 6 atom stereocenters. The first-order chi connectivity index (χ1) is 31.4. The van der Waals surface area contributed by atoms with Crippen LogP contribution in [0.2, 0.25) is 0 Å². The molecule has 336 valence electrons. The Morgan fingerprint density at radius 1 is 0.923 bits per heavy atom. The fourth-order valence-electron chi connectivity index (χ4n) is 10.3. The number of para-hydroxylation sites is 1. The van der Waals surface area contributed by atoms with Crippen LogP contribution in [0.15, 0.2) is 83.0 Å². The highest BCUT2D eigenvalue weighted by Crippen LogP contribution is 2.46. The quantitative estimate of drug-likeness (QED) is 0.110. The number of fused-ring (bicyclic) bond motifs is 1. The first-order valence-corrected chi connectivity index (χ1v) is 23.7. The number of hydrogen-bond acceptors (Lipinski definition) is 13. The van der Waals surface area contributed by atoms with E-state index in [-0.39, 0.29) is 42.5 Å². The number of aromatic nitrogens is 5. The zero-order chi connectivity index (χ0) is 45.1. The molecule has 0 spiro atoms. The van der Waals surface area contributed by atoms with Crippen molar-refractivity contribution in [1.82, 2.24) is 35.5 Å². The molecule has 4 aliphatic rings. The molecule has 3 N–H and O–H groups in total. The number of carbonyl (C=O) groups excluding carboxylic acids is 2. The second-order valence-electron chi connectivity index (χ2n) is 18.7. The molecule has 14 nitrogen and oxygen atoms in total. The molecule has 2 amide bonds. The summed E-state index contributed by atoms with van der Waals surface area (Å²) in [6.07, 6.45) is 5.39.